The van der Waals surface area contributed by atoms with Crippen molar-refractivity contribution in [2.45, 2.75) is 13.1 Å². The van der Waals surface area contributed by atoms with Gasteiger partial charge in [-0.15, -0.1) is 0 Å². The van der Waals surface area contributed by atoms with Gasteiger partial charge < -0.3 is 4.52 Å². The Labute approximate surface area is 161 Å². The Morgan fingerprint density at radius 2 is 1.69 bits per heavy atom. The first-order valence-corrected chi connectivity index (χ1v) is 9.48. The summed E-state index contributed by atoms with van der Waals surface area (Å²) in [6.07, 6.45) is 3.70. The minimum absolute atomic E-state index is 0.637. The summed E-state index contributed by atoms with van der Waals surface area (Å²) in [6.45, 7) is 5.75. The van der Waals surface area contributed by atoms with E-state index in [0.29, 0.717) is 18.3 Å². The van der Waals surface area contributed by atoms with E-state index in [1.807, 2.05) is 36.7 Å². The fourth-order valence-electron chi connectivity index (χ4n) is 3.11. The highest BCUT2D eigenvalue weighted by Crippen LogP contribution is 2.21. The monoisotopic (exact) mass is 413 g/mol. The molecule has 0 N–H and O–H groups in total. The van der Waals surface area contributed by atoms with Crippen molar-refractivity contribution in [3.8, 4) is 11.4 Å². The largest absolute Gasteiger partial charge is 0.338 e. The van der Waals surface area contributed by atoms with Crippen molar-refractivity contribution in [3.63, 3.8) is 0 Å². The number of hydrogen-bond acceptors (Lipinski definition) is 6. The first-order valence-electron chi connectivity index (χ1n) is 8.68. The number of nitrogens with zero attached hydrogens (tertiary/aromatic N) is 5. The molecule has 1 saturated heterocycles. The summed E-state index contributed by atoms with van der Waals surface area (Å²) >= 11 is 3.47. The molecule has 26 heavy (non-hydrogen) atoms. The summed E-state index contributed by atoms with van der Waals surface area (Å²) in [7, 11) is 0. The summed E-state index contributed by atoms with van der Waals surface area (Å²) < 4.78 is 6.45. The summed E-state index contributed by atoms with van der Waals surface area (Å²) in [5.74, 6) is 1.31. The quantitative estimate of drug-likeness (QED) is 0.639. The number of halogens is 1. The van der Waals surface area contributed by atoms with E-state index in [4.69, 9.17) is 4.52 Å². The second-order valence-corrected chi connectivity index (χ2v) is 7.35. The molecule has 3 heterocycles. The molecule has 6 nitrogen and oxygen atoms in total. The molecule has 1 aromatic carbocycles. The van der Waals surface area contributed by atoms with Crippen molar-refractivity contribution in [3.05, 3.63) is 64.7 Å². The molecule has 1 fully saturated rings. The van der Waals surface area contributed by atoms with Crippen LogP contribution in [0.25, 0.3) is 11.4 Å². The van der Waals surface area contributed by atoms with Crippen molar-refractivity contribution >= 4 is 15.9 Å². The van der Waals surface area contributed by atoms with Crippen molar-refractivity contribution in [1.82, 2.24) is 24.9 Å². The van der Waals surface area contributed by atoms with Crippen molar-refractivity contribution in [2.24, 2.45) is 0 Å². The van der Waals surface area contributed by atoms with Crippen LogP contribution in [-0.4, -0.2) is 51.1 Å². The van der Waals surface area contributed by atoms with E-state index in [2.05, 4.69) is 53.0 Å². The predicted octanol–water partition coefficient (Wildman–Crippen LogP) is 3.21. The molecule has 0 unspecified atom stereocenters. The summed E-state index contributed by atoms with van der Waals surface area (Å²) in [4.78, 5) is 13.4. The number of rotatable bonds is 5. The molecular formula is C19H20BrN5O. The fraction of sp³-hybridized carbons (Fsp3) is 0.316. The van der Waals surface area contributed by atoms with Gasteiger partial charge in [0.1, 0.15) is 0 Å². The zero-order chi connectivity index (χ0) is 17.8. The molecule has 0 atom stereocenters. The summed E-state index contributed by atoms with van der Waals surface area (Å²) in [5, 5.41) is 4.11. The van der Waals surface area contributed by atoms with Crippen LogP contribution in [0.2, 0.25) is 0 Å². The lowest BCUT2D eigenvalue weighted by molar-refractivity contribution is 0.112. The van der Waals surface area contributed by atoms with Crippen LogP contribution in [0.5, 0.6) is 0 Å². The fourth-order valence-corrected chi connectivity index (χ4v) is 3.51. The molecular weight excluding hydrogens is 394 g/mol. The Kier molecular flexibility index (Phi) is 5.38. The zero-order valence-electron chi connectivity index (χ0n) is 14.4. The molecule has 0 bridgehead atoms. The van der Waals surface area contributed by atoms with Crippen LogP contribution < -0.4 is 0 Å². The summed E-state index contributed by atoms with van der Waals surface area (Å²) in [5.41, 5.74) is 2.26. The molecule has 0 aliphatic carbocycles. The Morgan fingerprint density at radius 1 is 0.962 bits per heavy atom. The molecule has 0 spiro atoms. The van der Waals surface area contributed by atoms with Gasteiger partial charge in [-0.1, -0.05) is 33.2 Å². The number of pyridine rings is 1. The third-order valence-corrected chi connectivity index (χ3v) is 5.02. The highest BCUT2D eigenvalue weighted by Gasteiger charge is 2.19. The first kappa shape index (κ1) is 17.3. The molecule has 1 aliphatic rings. The SMILES string of the molecule is Brc1cccc(-c2noc(CN3CCN(Cc4ccncc4)CC3)n2)c1. The van der Waals surface area contributed by atoms with Gasteiger partial charge in [0.25, 0.3) is 0 Å². The van der Waals surface area contributed by atoms with E-state index < -0.39 is 0 Å². The lowest BCUT2D eigenvalue weighted by atomic mass is 10.2. The first-order chi connectivity index (χ1) is 12.8. The summed E-state index contributed by atoms with van der Waals surface area (Å²) in [6, 6.07) is 12.1. The molecule has 0 saturated carbocycles. The van der Waals surface area contributed by atoms with Gasteiger partial charge in [-0.05, 0) is 29.8 Å². The number of piperazine rings is 1. The Morgan fingerprint density at radius 3 is 2.42 bits per heavy atom. The van der Waals surface area contributed by atoms with Gasteiger partial charge in [0.2, 0.25) is 11.7 Å². The average molecular weight is 414 g/mol. The van der Waals surface area contributed by atoms with Crippen LogP contribution in [0.4, 0.5) is 0 Å². The number of aromatic nitrogens is 3. The standard InChI is InChI=1S/C19H20BrN5O/c20-17-3-1-2-16(12-17)19-22-18(26-23-19)14-25-10-8-24(9-11-25)13-15-4-6-21-7-5-15/h1-7,12H,8-11,13-14H2. The van der Waals surface area contributed by atoms with Gasteiger partial charge in [0.05, 0.1) is 6.54 Å². The molecule has 1 aliphatic heterocycles. The second kappa shape index (κ2) is 8.07. The van der Waals surface area contributed by atoms with Crippen molar-refractivity contribution in [2.75, 3.05) is 26.2 Å². The van der Waals surface area contributed by atoms with Gasteiger partial charge >= 0.3 is 0 Å². The highest BCUT2D eigenvalue weighted by atomic mass is 79.9. The van der Waals surface area contributed by atoms with Crippen molar-refractivity contribution in [1.29, 1.82) is 0 Å². The maximum absolute atomic E-state index is 5.45. The Bertz CT molecular complexity index is 846. The smallest absolute Gasteiger partial charge is 0.241 e. The third kappa shape index (κ3) is 4.35. The molecule has 7 heteroatoms. The minimum Gasteiger partial charge on any atom is -0.338 e. The maximum atomic E-state index is 5.45. The van der Waals surface area contributed by atoms with E-state index in [0.717, 1.165) is 42.8 Å². The third-order valence-electron chi connectivity index (χ3n) is 4.53. The Balaban J connectivity index is 1.31. The van der Waals surface area contributed by atoms with E-state index in [1.165, 1.54) is 5.56 Å². The molecule has 134 valence electrons. The van der Waals surface area contributed by atoms with Crippen LogP contribution >= 0.6 is 15.9 Å². The van der Waals surface area contributed by atoms with E-state index in [1.54, 1.807) is 0 Å². The molecule has 0 amide bonds. The number of hydrogen-bond donors (Lipinski definition) is 0. The maximum Gasteiger partial charge on any atom is 0.241 e. The van der Waals surface area contributed by atoms with Crippen LogP contribution in [0.1, 0.15) is 11.5 Å². The van der Waals surface area contributed by atoms with Gasteiger partial charge in [-0.25, -0.2) is 0 Å². The lowest BCUT2D eigenvalue weighted by Crippen LogP contribution is -2.45. The Hall–Kier alpha value is -2.09. The minimum atomic E-state index is 0.637. The molecule has 0 radical (unpaired) electrons. The highest BCUT2D eigenvalue weighted by molar-refractivity contribution is 9.10. The van der Waals surface area contributed by atoms with Crippen LogP contribution in [0.3, 0.4) is 0 Å². The average Bonchev–Trinajstić information content (AvgIpc) is 3.13. The number of benzene rings is 1. The van der Waals surface area contributed by atoms with E-state index in [-0.39, 0.29) is 0 Å². The van der Waals surface area contributed by atoms with E-state index >= 15 is 0 Å². The van der Waals surface area contributed by atoms with Crippen LogP contribution in [0.15, 0.2) is 57.8 Å². The predicted molar refractivity (Wildman–Crippen MR) is 102 cm³/mol. The molecule has 4 rings (SSSR count). The van der Waals surface area contributed by atoms with Gasteiger partial charge in [-0.3, -0.25) is 14.8 Å². The van der Waals surface area contributed by atoms with Gasteiger partial charge in [-0.2, -0.15) is 4.98 Å². The molecule has 2 aromatic heterocycles. The van der Waals surface area contributed by atoms with Gasteiger partial charge in [0.15, 0.2) is 0 Å². The zero-order valence-corrected chi connectivity index (χ0v) is 16.0. The van der Waals surface area contributed by atoms with Crippen LogP contribution in [-0.2, 0) is 13.1 Å². The van der Waals surface area contributed by atoms with Crippen molar-refractivity contribution < 1.29 is 4.52 Å². The van der Waals surface area contributed by atoms with Gasteiger partial charge in [0, 0.05) is 55.2 Å². The topological polar surface area (TPSA) is 58.3 Å². The second-order valence-electron chi connectivity index (χ2n) is 6.43. The molecule has 3 aromatic rings. The van der Waals surface area contributed by atoms with E-state index in [9.17, 15) is 0 Å². The van der Waals surface area contributed by atoms with Crippen LogP contribution in [0, 0.1) is 0 Å². The normalized spacial score (nSPS) is 16.0. The lowest BCUT2D eigenvalue weighted by Gasteiger charge is -2.33.